The highest BCUT2D eigenvalue weighted by Crippen LogP contribution is 2.41. The van der Waals surface area contributed by atoms with E-state index < -0.39 is 5.91 Å². The van der Waals surface area contributed by atoms with Gasteiger partial charge in [-0.1, -0.05) is 47.5 Å². The summed E-state index contributed by atoms with van der Waals surface area (Å²) in [7, 11) is 0. The Morgan fingerprint density at radius 2 is 1.78 bits per heavy atom. The summed E-state index contributed by atoms with van der Waals surface area (Å²) >= 11 is 13.8. The minimum absolute atomic E-state index is 0.0192. The highest BCUT2D eigenvalue weighted by atomic mass is 35.5. The van der Waals surface area contributed by atoms with Gasteiger partial charge in [-0.25, -0.2) is 4.98 Å². The number of halogens is 2. The van der Waals surface area contributed by atoms with Crippen LogP contribution in [0.4, 0.5) is 17.2 Å². The Kier molecular flexibility index (Phi) is 7.97. The van der Waals surface area contributed by atoms with Gasteiger partial charge in [-0.15, -0.1) is 0 Å². The Bertz CT molecular complexity index is 1960. The van der Waals surface area contributed by atoms with Gasteiger partial charge in [-0.2, -0.15) is 5.10 Å². The molecule has 10 nitrogen and oxygen atoms in total. The molecule has 12 heteroatoms. The number of amides is 1. The number of aromatic nitrogens is 4. The van der Waals surface area contributed by atoms with Gasteiger partial charge in [0.05, 0.1) is 27.5 Å². The van der Waals surface area contributed by atoms with E-state index in [0.29, 0.717) is 75.5 Å². The number of aliphatic hydroxyl groups is 1. The summed E-state index contributed by atoms with van der Waals surface area (Å²) in [6.07, 6.45) is 5.25. The van der Waals surface area contributed by atoms with Crippen LogP contribution < -0.4 is 10.6 Å². The van der Waals surface area contributed by atoms with Crippen molar-refractivity contribution in [1.82, 2.24) is 24.6 Å². The number of anilines is 3. The molecule has 0 spiro atoms. The molecule has 1 fully saturated rings. The second kappa shape index (κ2) is 12.2. The van der Waals surface area contributed by atoms with E-state index in [2.05, 4.69) is 31.7 Å². The van der Waals surface area contributed by atoms with E-state index >= 15 is 0 Å². The van der Waals surface area contributed by atoms with Gasteiger partial charge in [0.1, 0.15) is 11.2 Å². The van der Waals surface area contributed by atoms with Crippen LogP contribution in [0.1, 0.15) is 45.8 Å². The predicted molar refractivity (Wildman–Crippen MR) is 174 cm³/mol. The number of ketones is 1. The molecule has 0 radical (unpaired) electrons. The lowest BCUT2D eigenvalue weighted by Crippen LogP contribution is -2.21. The maximum atomic E-state index is 13.1. The van der Waals surface area contributed by atoms with Crippen LogP contribution in [-0.2, 0) is 13.1 Å². The number of hydrogen-bond acceptors (Lipinski definition) is 8. The van der Waals surface area contributed by atoms with E-state index in [-0.39, 0.29) is 17.6 Å². The summed E-state index contributed by atoms with van der Waals surface area (Å²) in [5.74, 6) is 0.0817. The molecule has 5 aromatic rings. The summed E-state index contributed by atoms with van der Waals surface area (Å²) in [5.41, 5.74) is 4.67. The predicted octanol–water partition coefficient (Wildman–Crippen LogP) is 6.34. The Hall–Kier alpha value is -4.35. The zero-order chi connectivity index (χ0) is 31.1. The molecule has 2 aliphatic heterocycles. The van der Waals surface area contributed by atoms with E-state index in [9.17, 15) is 14.7 Å². The Labute approximate surface area is 269 Å². The number of aryl methyl sites for hydroxylation is 1. The molecule has 0 aliphatic carbocycles. The van der Waals surface area contributed by atoms with Crippen LogP contribution in [0.15, 0.2) is 67.0 Å². The molecule has 1 amide bonds. The van der Waals surface area contributed by atoms with Crippen molar-refractivity contribution in [3.8, 4) is 11.1 Å². The lowest BCUT2D eigenvalue weighted by atomic mass is 10.0. The number of benzene rings is 2. The standard InChI is InChI=1S/C33H29Cl2N7O3/c34-29-22(23-5-2-7-25(30(23)35)39-33(45)26-15-27-28(44)8-3-12-42(27)40-26)4-1-6-24(29)38-32-31-20(9-11-36-32)14-19(16-37-31)17-41-13-10-21(43)18-41/h1-2,4-7,9,11,14-16,21,43H,3,8,10,12-13,17-18H2,(H,36,38)(H,39,45)/t21-/m1/s1. The van der Waals surface area contributed by atoms with Gasteiger partial charge < -0.3 is 15.7 Å². The van der Waals surface area contributed by atoms with Crippen molar-refractivity contribution in [1.29, 1.82) is 0 Å². The number of β-amino-alcohol motifs (C(OH)–C–C–N with tert-alkyl or cyclic N) is 1. The van der Waals surface area contributed by atoms with Gasteiger partial charge in [0.15, 0.2) is 17.3 Å². The number of carbonyl (C=O) groups excluding carboxylic acids is 2. The van der Waals surface area contributed by atoms with Gasteiger partial charge in [0.2, 0.25) is 0 Å². The highest BCUT2D eigenvalue weighted by molar-refractivity contribution is 6.39. The van der Waals surface area contributed by atoms with Crippen LogP contribution in [0, 0.1) is 0 Å². The Morgan fingerprint density at radius 1 is 1.00 bits per heavy atom. The first-order valence-corrected chi connectivity index (χ1v) is 15.5. The van der Waals surface area contributed by atoms with E-state index in [1.807, 2.05) is 36.5 Å². The second-order valence-electron chi connectivity index (χ2n) is 11.3. The van der Waals surface area contributed by atoms with Crippen molar-refractivity contribution in [2.75, 3.05) is 23.7 Å². The lowest BCUT2D eigenvalue weighted by Gasteiger charge is -2.16. The first kappa shape index (κ1) is 29.4. The van der Waals surface area contributed by atoms with Gasteiger partial charge in [-0.3, -0.25) is 24.2 Å². The molecule has 228 valence electrons. The maximum Gasteiger partial charge on any atom is 0.276 e. The van der Waals surface area contributed by atoms with Gasteiger partial charge in [0, 0.05) is 67.6 Å². The smallest absolute Gasteiger partial charge is 0.276 e. The Morgan fingerprint density at radius 3 is 2.53 bits per heavy atom. The molecule has 0 unspecified atom stereocenters. The first-order chi connectivity index (χ1) is 21.8. The number of rotatable bonds is 7. The maximum absolute atomic E-state index is 13.1. The molecule has 45 heavy (non-hydrogen) atoms. The normalized spacial score (nSPS) is 16.6. The molecular formula is C33H29Cl2N7O3. The molecule has 7 rings (SSSR count). The van der Waals surface area contributed by atoms with Crippen LogP contribution in [0.5, 0.6) is 0 Å². The largest absolute Gasteiger partial charge is 0.392 e. The highest BCUT2D eigenvalue weighted by Gasteiger charge is 2.24. The van der Waals surface area contributed by atoms with Crippen molar-refractivity contribution >= 4 is 63.0 Å². The lowest BCUT2D eigenvalue weighted by molar-refractivity contribution is 0.0950. The van der Waals surface area contributed by atoms with Crippen LogP contribution in [-0.4, -0.2) is 60.6 Å². The SMILES string of the molecule is O=C(Nc1cccc(-c2cccc(Nc3nccc4cc(CN5CC[C@@H](O)C5)cnc34)c2Cl)c1Cl)c1cc2n(n1)CCCC2=O. The molecule has 2 aliphatic rings. The third-order valence-electron chi connectivity index (χ3n) is 8.17. The van der Waals surface area contributed by atoms with E-state index in [4.69, 9.17) is 28.2 Å². The van der Waals surface area contributed by atoms with E-state index in [1.54, 1.807) is 23.0 Å². The number of likely N-dealkylation sites (tertiary alicyclic amines) is 1. The number of aliphatic hydroxyl groups excluding tert-OH is 1. The molecule has 0 bridgehead atoms. The van der Waals surface area contributed by atoms with Gasteiger partial charge in [-0.05, 0) is 42.7 Å². The number of nitrogens with zero attached hydrogens (tertiary/aromatic N) is 5. The number of Topliss-reactive ketones (excluding diaryl/α,β-unsaturated/α-hetero) is 1. The van der Waals surface area contributed by atoms with E-state index in [1.165, 1.54) is 6.07 Å². The quantitative estimate of drug-likeness (QED) is 0.188. The molecule has 1 saturated heterocycles. The van der Waals surface area contributed by atoms with Crippen molar-refractivity contribution in [3.63, 3.8) is 0 Å². The third kappa shape index (κ3) is 5.89. The van der Waals surface area contributed by atoms with Crippen molar-refractivity contribution in [2.24, 2.45) is 0 Å². The fourth-order valence-electron chi connectivity index (χ4n) is 5.92. The topological polar surface area (TPSA) is 125 Å². The zero-order valence-corrected chi connectivity index (χ0v) is 25.6. The second-order valence-corrected chi connectivity index (χ2v) is 12.1. The van der Waals surface area contributed by atoms with Crippen molar-refractivity contribution in [3.05, 3.63) is 94.0 Å². The summed E-state index contributed by atoms with van der Waals surface area (Å²) in [4.78, 5) is 36.7. The third-order valence-corrected chi connectivity index (χ3v) is 8.98. The number of hydrogen-bond donors (Lipinski definition) is 3. The number of pyridine rings is 2. The summed E-state index contributed by atoms with van der Waals surface area (Å²) in [5, 5.41) is 22.0. The summed E-state index contributed by atoms with van der Waals surface area (Å²) < 4.78 is 1.58. The molecule has 0 saturated carbocycles. The summed E-state index contributed by atoms with van der Waals surface area (Å²) in [6.45, 7) is 2.86. The molecule has 3 aromatic heterocycles. The fourth-order valence-corrected chi connectivity index (χ4v) is 6.47. The monoisotopic (exact) mass is 641 g/mol. The number of nitrogens with one attached hydrogen (secondary N) is 2. The number of fused-ring (bicyclic) bond motifs is 2. The molecule has 5 heterocycles. The average molecular weight is 643 g/mol. The van der Waals surface area contributed by atoms with E-state index in [0.717, 1.165) is 30.5 Å². The van der Waals surface area contributed by atoms with Crippen LogP contribution >= 0.6 is 23.2 Å². The number of carbonyl (C=O) groups is 2. The first-order valence-electron chi connectivity index (χ1n) is 14.7. The van der Waals surface area contributed by atoms with Crippen LogP contribution in [0.25, 0.3) is 22.0 Å². The molecular weight excluding hydrogens is 613 g/mol. The fraction of sp³-hybridized carbons (Fsp3) is 0.242. The molecule has 3 N–H and O–H groups in total. The minimum Gasteiger partial charge on any atom is -0.392 e. The van der Waals surface area contributed by atoms with Crippen LogP contribution in [0.3, 0.4) is 0 Å². The average Bonchev–Trinajstić information content (AvgIpc) is 3.66. The van der Waals surface area contributed by atoms with Crippen molar-refractivity contribution < 1.29 is 14.7 Å². The van der Waals surface area contributed by atoms with Crippen molar-refractivity contribution in [2.45, 2.75) is 38.5 Å². The molecule has 1 atom stereocenters. The Balaban J connectivity index is 1.13. The van der Waals surface area contributed by atoms with Gasteiger partial charge in [0.25, 0.3) is 5.91 Å². The molecule has 2 aromatic carbocycles. The zero-order valence-electron chi connectivity index (χ0n) is 24.1. The van der Waals surface area contributed by atoms with Crippen LogP contribution in [0.2, 0.25) is 10.0 Å². The van der Waals surface area contributed by atoms with Gasteiger partial charge >= 0.3 is 0 Å². The summed E-state index contributed by atoms with van der Waals surface area (Å²) in [6, 6.07) is 16.4. The minimum atomic E-state index is -0.457.